The van der Waals surface area contributed by atoms with Crippen LogP contribution in [0.5, 0.6) is 0 Å². The van der Waals surface area contributed by atoms with E-state index in [1.54, 1.807) is 12.3 Å². The Morgan fingerprint density at radius 3 is 2.94 bits per heavy atom. The van der Waals surface area contributed by atoms with Gasteiger partial charge in [0.1, 0.15) is 0 Å². The summed E-state index contributed by atoms with van der Waals surface area (Å²) in [5.41, 5.74) is 0.804. The number of hydrogen-bond acceptors (Lipinski definition) is 4. The van der Waals surface area contributed by atoms with Crippen LogP contribution in [-0.2, 0) is 16.3 Å². The van der Waals surface area contributed by atoms with E-state index in [1.165, 1.54) is 6.20 Å². The monoisotopic (exact) mass is 275 g/mol. The predicted octanol–water partition coefficient (Wildman–Crippen LogP) is 1.07. The zero-order valence-corrected chi connectivity index (χ0v) is 10.8. The first-order valence-electron chi connectivity index (χ1n) is 5.45. The highest BCUT2D eigenvalue weighted by atomic mass is 35.5. The minimum absolute atomic E-state index is 0.0802. The van der Waals surface area contributed by atoms with Crippen molar-refractivity contribution < 1.29 is 13.5 Å². The van der Waals surface area contributed by atoms with E-state index in [1.807, 2.05) is 0 Å². The van der Waals surface area contributed by atoms with Crippen molar-refractivity contribution in [2.24, 2.45) is 5.92 Å². The zero-order valence-electron chi connectivity index (χ0n) is 9.21. The first-order valence-corrected chi connectivity index (χ1v) is 7.65. The molecule has 0 aromatic carbocycles. The van der Waals surface area contributed by atoms with E-state index >= 15 is 0 Å². The van der Waals surface area contributed by atoms with E-state index < -0.39 is 15.9 Å². The lowest BCUT2D eigenvalue weighted by Crippen LogP contribution is -2.24. The van der Waals surface area contributed by atoms with E-state index in [-0.39, 0.29) is 17.4 Å². The van der Waals surface area contributed by atoms with Crippen molar-refractivity contribution in [1.29, 1.82) is 0 Å². The highest BCUT2D eigenvalue weighted by Crippen LogP contribution is 2.25. The van der Waals surface area contributed by atoms with E-state index in [0.29, 0.717) is 17.9 Å². The van der Waals surface area contributed by atoms with Crippen molar-refractivity contribution in [2.75, 3.05) is 11.5 Å². The average molecular weight is 276 g/mol. The summed E-state index contributed by atoms with van der Waals surface area (Å²) in [6, 6.07) is 1.75. The Morgan fingerprint density at radius 1 is 1.59 bits per heavy atom. The summed E-state index contributed by atoms with van der Waals surface area (Å²) >= 11 is 5.94. The van der Waals surface area contributed by atoms with Crippen LogP contribution in [0.15, 0.2) is 18.5 Å². The molecule has 1 aliphatic heterocycles. The summed E-state index contributed by atoms with van der Waals surface area (Å²) in [7, 11) is -2.95. The first kappa shape index (κ1) is 12.8. The van der Waals surface area contributed by atoms with E-state index in [2.05, 4.69) is 4.98 Å². The number of sulfone groups is 1. The van der Waals surface area contributed by atoms with Crippen LogP contribution in [0.4, 0.5) is 0 Å². The van der Waals surface area contributed by atoms with Gasteiger partial charge in [-0.2, -0.15) is 0 Å². The molecule has 0 aliphatic carbocycles. The van der Waals surface area contributed by atoms with Crippen molar-refractivity contribution in [3.63, 3.8) is 0 Å². The molecule has 0 bridgehead atoms. The van der Waals surface area contributed by atoms with Gasteiger partial charge in [0.25, 0.3) is 0 Å². The summed E-state index contributed by atoms with van der Waals surface area (Å²) in [4.78, 5) is 3.86. The van der Waals surface area contributed by atoms with Crippen LogP contribution in [0.2, 0.25) is 5.02 Å². The molecule has 0 radical (unpaired) electrons. The lowest BCUT2D eigenvalue weighted by atomic mass is 9.96. The van der Waals surface area contributed by atoms with Gasteiger partial charge in [-0.1, -0.05) is 11.6 Å². The molecule has 1 aromatic rings. The number of rotatable bonds is 3. The quantitative estimate of drug-likeness (QED) is 0.896. The summed E-state index contributed by atoms with van der Waals surface area (Å²) in [5, 5.41) is 10.5. The third-order valence-corrected chi connectivity index (χ3v) is 5.23. The van der Waals surface area contributed by atoms with Crippen molar-refractivity contribution >= 4 is 21.4 Å². The minimum atomic E-state index is -2.95. The van der Waals surface area contributed by atoms with Crippen LogP contribution < -0.4 is 0 Å². The zero-order chi connectivity index (χ0) is 12.5. The summed E-state index contributed by atoms with van der Waals surface area (Å²) in [6.45, 7) is 0. The van der Waals surface area contributed by atoms with Gasteiger partial charge in [-0.05, 0) is 18.1 Å². The smallest absolute Gasteiger partial charge is 0.150 e. The second-order valence-electron chi connectivity index (χ2n) is 4.40. The number of pyridine rings is 1. The van der Waals surface area contributed by atoms with Gasteiger partial charge in [-0.3, -0.25) is 4.98 Å². The van der Waals surface area contributed by atoms with Crippen LogP contribution in [0.3, 0.4) is 0 Å². The van der Waals surface area contributed by atoms with Gasteiger partial charge >= 0.3 is 0 Å². The van der Waals surface area contributed by atoms with Crippen LogP contribution in [-0.4, -0.2) is 36.1 Å². The van der Waals surface area contributed by atoms with Gasteiger partial charge in [0.05, 0.1) is 22.6 Å². The molecule has 1 fully saturated rings. The molecule has 1 aliphatic rings. The molecule has 6 heteroatoms. The van der Waals surface area contributed by atoms with Crippen LogP contribution in [0.25, 0.3) is 0 Å². The fraction of sp³-hybridized carbons (Fsp3) is 0.545. The standard InChI is InChI=1S/C11H14ClNO3S/c12-10-6-13-3-1-8(10)5-11(14)9-2-4-17(15,16)7-9/h1,3,6,9,11,14H,2,4-5,7H2. The molecule has 2 atom stereocenters. The Hall–Kier alpha value is -0.650. The molecule has 0 amide bonds. The van der Waals surface area contributed by atoms with Crippen LogP contribution in [0.1, 0.15) is 12.0 Å². The summed E-state index contributed by atoms with van der Waals surface area (Å²) in [5.74, 6) is 0.0830. The van der Waals surface area contributed by atoms with E-state index in [4.69, 9.17) is 11.6 Å². The third-order valence-electron chi connectivity index (χ3n) is 3.10. The Balaban J connectivity index is 2.03. The molecule has 2 unspecified atom stereocenters. The molecule has 0 spiro atoms. The molecule has 1 saturated heterocycles. The SMILES string of the molecule is O=S1(=O)CCC(C(O)Cc2ccncc2Cl)C1. The number of hydrogen-bond donors (Lipinski definition) is 1. The van der Waals surface area contributed by atoms with Crippen molar-refractivity contribution in [3.8, 4) is 0 Å². The van der Waals surface area contributed by atoms with Gasteiger partial charge in [-0.25, -0.2) is 8.42 Å². The molecule has 1 aromatic heterocycles. The molecule has 2 heterocycles. The first-order chi connectivity index (χ1) is 7.98. The molecular formula is C11H14ClNO3S. The van der Waals surface area contributed by atoms with Crippen molar-refractivity contribution in [2.45, 2.75) is 18.9 Å². The number of halogens is 1. The average Bonchev–Trinajstić information content (AvgIpc) is 2.62. The van der Waals surface area contributed by atoms with Gasteiger partial charge < -0.3 is 5.11 Å². The fourth-order valence-electron chi connectivity index (χ4n) is 2.09. The van der Waals surface area contributed by atoms with Gasteiger partial charge in [0, 0.05) is 24.7 Å². The fourth-order valence-corrected chi connectivity index (χ4v) is 4.15. The molecular weight excluding hydrogens is 262 g/mol. The largest absolute Gasteiger partial charge is 0.392 e. The maximum Gasteiger partial charge on any atom is 0.150 e. The van der Waals surface area contributed by atoms with E-state index in [9.17, 15) is 13.5 Å². The number of aromatic nitrogens is 1. The number of nitrogens with zero attached hydrogens (tertiary/aromatic N) is 1. The normalized spacial score (nSPS) is 24.7. The second-order valence-corrected chi connectivity index (χ2v) is 7.04. The highest BCUT2D eigenvalue weighted by molar-refractivity contribution is 7.91. The molecule has 2 rings (SSSR count). The maximum absolute atomic E-state index is 11.3. The Bertz CT molecular complexity index is 503. The number of aliphatic hydroxyl groups is 1. The number of aliphatic hydroxyl groups excluding tert-OH is 1. The summed E-state index contributed by atoms with van der Waals surface area (Å²) in [6.07, 6.45) is 3.38. The van der Waals surface area contributed by atoms with Crippen LogP contribution >= 0.6 is 11.6 Å². The predicted molar refractivity (Wildman–Crippen MR) is 65.7 cm³/mol. The van der Waals surface area contributed by atoms with Gasteiger partial charge in [0.2, 0.25) is 0 Å². The Labute approximate surface area is 106 Å². The second kappa shape index (κ2) is 4.92. The minimum Gasteiger partial charge on any atom is -0.392 e. The third kappa shape index (κ3) is 3.18. The van der Waals surface area contributed by atoms with Gasteiger partial charge in [0.15, 0.2) is 9.84 Å². The maximum atomic E-state index is 11.3. The lowest BCUT2D eigenvalue weighted by Gasteiger charge is -2.16. The molecule has 94 valence electrons. The molecule has 17 heavy (non-hydrogen) atoms. The van der Waals surface area contributed by atoms with Gasteiger partial charge in [-0.15, -0.1) is 0 Å². The topological polar surface area (TPSA) is 67.3 Å². The molecule has 4 nitrogen and oxygen atoms in total. The lowest BCUT2D eigenvalue weighted by molar-refractivity contribution is 0.120. The highest BCUT2D eigenvalue weighted by Gasteiger charge is 2.32. The van der Waals surface area contributed by atoms with Crippen molar-refractivity contribution in [3.05, 3.63) is 29.0 Å². The Kier molecular flexibility index (Phi) is 3.70. The molecule has 1 N–H and O–H groups in total. The van der Waals surface area contributed by atoms with Crippen molar-refractivity contribution in [1.82, 2.24) is 4.98 Å². The summed E-state index contributed by atoms with van der Waals surface area (Å²) < 4.78 is 22.6. The van der Waals surface area contributed by atoms with E-state index in [0.717, 1.165) is 5.56 Å². The van der Waals surface area contributed by atoms with Crippen LogP contribution in [0, 0.1) is 5.92 Å². The Morgan fingerprint density at radius 2 is 2.35 bits per heavy atom. The molecule has 0 saturated carbocycles.